The predicted molar refractivity (Wildman–Crippen MR) is 91.6 cm³/mol. The van der Waals surface area contributed by atoms with E-state index in [1.165, 1.54) is 0 Å². The Balaban J connectivity index is 1.63. The third-order valence-electron chi connectivity index (χ3n) is 4.27. The number of aliphatic hydroxyl groups excluding tert-OH is 1. The maximum atomic E-state index is 12.2. The van der Waals surface area contributed by atoms with Gasteiger partial charge in [-0.15, -0.1) is 0 Å². The smallest absolute Gasteiger partial charge is 0.238 e. The number of rotatable bonds is 4. The van der Waals surface area contributed by atoms with Crippen LogP contribution in [0.4, 0.5) is 5.69 Å². The van der Waals surface area contributed by atoms with E-state index in [2.05, 4.69) is 5.32 Å². The van der Waals surface area contributed by atoms with E-state index in [1.54, 1.807) is 12.1 Å². The predicted octanol–water partition coefficient (Wildman–Crippen LogP) is 2.87. The lowest BCUT2D eigenvalue weighted by Gasteiger charge is -2.26. The number of nitrogens with one attached hydrogen (secondary N) is 1. The Morgan fingerprint density at radius 2 is 1.96 bits per heavy atom. The highest BCUT2D eigenvalue weighted by Crippen LogP contribution is 2.33. The molecule has 3 rings (SSSR count). The van der Waals surface area contributed by atoms with Gasteiger partial charge in [0.25, 0.3) is 0 Å². The third kappa shape index (κ3) is 3.39. The average molecular weight is 331 g/mol. The van der Waals surface area contributed by atoms with E-state index in [-0.39, 0.29) is 18.5 Å². The van der Waals surface area contributed by atoms with Crippen LogP contribution in [0.5, 0.6) is 0 Å². The van der Waals surface area contributed by atoms with Gasteiger partial charge in [0.1, 0.15) is 0 Å². The van der Waals surface area contributed by atoms with Gasteiger partial charge in [-0.05, 0) is 36.7 Å². The number of hydrogen-bond donors (Lipinski definition) is 2. The highest BCUT2D eigenvalue weighted by Gasteiger charge is 2.33. The van der Waals surface area contributed by atoms with Crippen molar-refractivity contribution in [3.05, 3.63) is 64.7 Å². The van der Waals surface area contributed by atoms with Crippen LogP contribution in [0, 0.1) is 0 Å². The molecule has 0 saturated carbocycles. The molecule has 0 spiro atoms. The normalized spacial score (nSPS) is 19.7. The summed E-state index contributed by atoms with van der Waals surface area (Å²) in [5.41, 5.74) is 2.70. The van der Waals surface area contributed by atoms with Crippen LogP contribution in [0.15, 0.2) is 48.5 Å². The van der Waals surface area contributed by atoms with Crippen LogP contribution in [-0.2, 0) is 11.2 Å². The van der Waals surface area contributed by atoms with Crippen molar-refractivity contribution in [3.8, 4) is 0 Å². The summed E-state index contributed by atoms with van der Waals surface area (Å²) in [4.78, 5) is 14.1. The van der Waals surface area contributed by atoms with Crippen molar-refractivity contribution < 1.29 is 9.90 Å². The highest BCUT2D eigenvalue weighted by molar-refractivity contribution is 6.33. The second-order valence-corrected chi connectivity index (χ2v) is 6.27. The number of likely N-dealkylation sites (N-methyl/N-ethyl adjacent to an activating group) is 1. The van der Waals surface area contributed by atoms with Gasteiger partial charge in [0.2, 0.25) is 5.91 Å². The number of fused-ring (bicyclic) bond motifs is 1. The lowest BCUT2D eigenvalue weighted by Crippen LogP contribution is -2.40. The fourth-order valence-electron chi connectivity index (χ4n) is 3.05. The molecule has 0 saturated heterocycles. The Morgan fingerprint density at radius 3 is 2.70 bits per heavy atom. The molecule has 2 atom stereocenters. The first-order chi connectivity index (χ1) is 11.1. The van der Waals surface area contributed by atoms with E-state index in [9.17, 15) is 9.90 Å². The molecule has 2 N–H and O–H groups in total. The van der Waals surface area contributed by atoms with Gasteiger partial charge < -0.3 is 10.4 Å². The largest absolute Gasteiger partial charge is 0.387 e. The van der Waals surface area contributed by atoms with Gasteiger partial charge in [0, 0.05) is 6.04 Å². The molecule has 0 heterocycles. The Morgan fingerprint density at radius 1 is 1.26 bits per heavy atom. The van der Waals surface area contributed by atoms with E-state index >= 15 is 0 Å². The molecule has 2 unspecified atom stereocenters. The van der Waals surface area contributed by atoms with Crippen LogP contribution >= 0.6 is 11.6 Å². The number of anilines is 1. The first-order valence-electron chi connectivity index (χ1n) is 7.57. The van der Waals surface area contributed by atoms with Crippen molar-refractivity contribution >= 4 is 23.2 Å². The molecular weight excluding hydrogens is 312 g/mol. The summed E-state index contributed by atoms with van der Waals surface area (Å²) in [5, 5.41) is 13.8. The van der Waals surface area contributed by atoms with Crippen LogP contribution in [0.3, 0.4) is 0 Å². The summed E-state index contributed by atoms with van der Waals surface area (Å²) in [6.07, 6.45) is 0.178. The molecule has 4 nitrogen and oxygen atoms in total. The summed E-state index contributed by atoms with van der Waals surface area (Å²) in [6, 6.07) is 14.9. The van der Waals surface area contributed by atoms with Crippen molar-refractivity contribution in [1.29, 1.82) is 0 Å². The van der Waals surface area contributed by atoms with E-state index in [0.717, 1.165) is 17.5 Å². The molecule has 5 heteroatoms. The molecule has 120 valence electrons. The molecule has 2 aromatic carbocycles. The topological polar surface area (TPSA) is 52.6 Å². The Kier molecular flexibility index (Phi) is 4.66. The number of benzene rings is 2. The van der Waals surface area contributed by atoms with Crippen molar-refractivity contribution in [3.63, 3.8) is 0 Å². The van der Waals surface area contributed by atoms with Crippen molar-refractivity contribution in [2.75, 3.05) is 18.9 Å². The number of amides is 1. The zero-order valence-electron chi connectivity index (χ0n) is 12.9. The average Bonchev–Trinajstić information content (AvgIpc) is 2.87. The lowest BCUT2D eigenvalue weighted by molar-refractivity contribution is -0.117. The molecule has 0 aliphatic heterocycles. The van der Waals surface area contributed by atoms with E-state index in [1.807, 2.05) is 48.3 Å². The zero-order chi connectivity index (χ0) is 16.4. The van der Waals surface area contributed by atoms with Crippen LogP contribution in [0.1, 0.15) is 17.2 Å². The number of carbonyl (C=O) groups excluding carboxylic acids is 1. The minimum atomic E-state index is -0.565. The van der Waals surface area contributed by atoms with Gasteiger partial charge >= 0.3 is 0 Å². The van der Waals surface area contributed by atoms with Gasteiger partial charge in [0.05, 0.1) is 23.4 Å². The van der Waals surface area contributed by atoms with Crippen LogP contribution in [0.25, 0.3) is 0 Å². The standard InChI is InChI=1S/C18H19ClN2O2/c1-21(11-17(22)20-15-9-5-4-8-14(15)19)16-10-12-6-2-3-7-13(12)18(16)23/h2-9,16,18,23H,10-11H2,1H3,(H,20,22). The lowest BCUT2D eigenvalue weighted by atomic mass is 10.1. The molecule has 1 aliphatic carbocycles. The number of halogens is 1. The quantitative estimate of drug-likeness (QED) is 0.906. The van der Waals surface area contributed by atoms with Gasteiger partial charge in [-0.2, -0.15) is 0 Å². The molecule has 0 fully saturated rings. The van der Waals surface area contributed by atoms with E-state index in [4.69, 9.17) is 11.6 Å². The van der Waals surface area contributed by atoms with Crippen molar-refractivity contribution in [2.45, 2.75) is 18.6 Å². The molecule has 1 amide bonds. The summed E-state index contributed by atoms with van der Waals surface area (Å²) in [5.74, 6) is -0.149. The minimum Gasteiger partial charge on any atom is -0.387 e. The summed E-state index contributed by atoms with van der Waals surface area (Å²) in [7, 11) is 1.85. The van der Waals surface area contributed by atoms with Gasteiger partial charge in [-0.3, -0.25) is 9.69 Å². The summed E-state index contributed by atoms with van der Waals surface area (Å²) < 4.78 is 0. The van der Waals surface area contributed by atoms with Gasteiger partial charge in [-0.25, -0.2) is 0 Å². The minimum absolute atomic E-state index is 0.0932. The third-order valence-corrected chi connectivity index (χ3v) is 4.60. The molecule has 2 aromatic rings. The number of nitrogens with zero attached hydrogens (tertiary/aromatic N) is 1. The number of carbonyl (C=O) groups is 1. The Bertz CT molecular complexity index is 720. The molecule has 0 bridgehead atoms. The first kappa shape index (κ1) is 16.0. The molecular formula is C18H19ClN2O2. The number of hydrogen-bond acceptors (Lipinski definition) is 3. The first-order valence-corrected chi connectivity index (χ1v) is 7.94. The Hall–Kier alpha value is -1.88. The summed E-state index contributed by atoms with van der Waals surface area (Å²) in [6.45, 7) is 0.195. The number of aliphatic hydroxyl groups is 1. The van der Waals surface area contributed by atoms with Crippen LogP contribution < -0.4 is 5.32 Å². The second kappa shape index (κ2) is 6.71. The second-order valence-electron chi connectivity index (χ2n) is 5.86. The maximum Gasteiger partial charge on any atom is 0.238 e. The van der Waals surface area contributed by atoms with Crippen LogP contribution in [-0.4, -0.2) is 35.5 Å². The molecule has 23 heavy (non-hydrogen) atoms. The molecule has 0 aromatic heterocycles. The SMILES string of the molecule is CN(CC(=O)Nc1ccccc1Cl)C1Cc2ccccc2C1O. The van der Waals surface area contributed by atoms with Gasteiger partial charge in [-0.1, -0.05) is 48.0 Å². The maximum absolute atomic E-state index is 12.2. The van der Waals surface area contributed by atoms with Crippen molar-refractivity contribution in [1.82, 2.24) is 4.90 Å². The Labute approximate surface area is 140 Å². The molecule has 1 aliphatic rings. The number of para-hydroxylation sites is 1. The monoisotopic (exact) mass is 330 g/mol. The van der Waals surface area contributed by atoms with Gasteiger partial charge in [0.15, 0.2) is 0 Å². The fraction of sp³-hybridized carbons (Fsp3) is 0.278. The van der Waals surface area contributed by atoms with E-state index < -0.39 is 6.10 Å². The summed E-state index contributed by atoms with van der Waals surface area (Å²) >= 11 is 6.05. The fourth-order valence-corrected chi connectivity index (χ4v) is 3.23. The van der Waals surface area contributed by atoms with Crippen molar-refractivity contribution in [2.24, 2.45) is 0 Å². The highest BCUT2D eigenvalue weighted by atomic mass is 35.5. The molecule has 0 radical (unpaired) electrons. The van der Waals surface area contributed by atoms with E-state index in [0.29, 0.717) is 10.7 Å². The zero-order valence-corrected chi connectivity index (χ0v) is 13.6. The van der Waals surface area contributed by atoms with Crippen LogP contribution in [0.2, 0.25) is 5.02 Å².